The van der Waals surface area contributed by atoms with Crippen LogP contribution in [-0.2, 0) is 4.79 Å². The quantitative estimate of drug-likeness (QED) is 0.901. The van der Waals surface area contributed by atoms with Crippen LogP contribution in [-0.4, -0.2) is 23.9 Å². The minimum Gasteiger partial charge on any atom is -0.338 e. The number of nitrogens with zero attached hydrogens (tertiary/aromatic N) is 1. The maximum Gasteiger partial charge on any atom is 0.240 e. The van der Waals surface area contributed by atoms with Gasteiger partial charge in [0, 0.05) is 12.1 Å². The number of carbonyl (C=O) groups is 1. The highest BCUT2D eigenvalue weighted by molar-refractivity contribution is 6.31. The van der Waals surface area contributed by atoms with Crippen LogP contribution in [0.3, 0.4) is 0 Å². The molecule has 1 amide bonds. The van der Waals surface area contributed by atoms with E-state index in [0.29, 0.717) is 5.02 Å². The number of rotatable bonds is 5. The van der Waals surface area contributed by atoms with Gasteiger partial charge >= 0.3 is 0 Å². The highest BCUT2D eigenvalue weighted by Gasteiger charge is 2.26. The number of halogens is 1. The first-order valence-corrected chi connectivity index (χ1v) is 7.04. The van der Waals surface area contributed by atoms with E-state index in [4.69, 9.17) is 17.3 Å². The van der Waals surface area contributed by atoms with Crippen molar-refractivity contribution in [2.45, 2.75) is 39.3 Å². The summed E-state index contributed by atoms with van der Waals surface area (Å²) in [6, 6.07) is 7.03. The Labute approximate surface area is 120 Å². The van der Waals surface area contributed by atoms with Crippen LogP contribution < -0.4 is 5.73 Å². The number of hydrogen-bond donors (Lipinski definition) is 1. The van der Waals surface area contributed by atoms with Crippen molar-refractivity contribution in [2.24, 2.45) is 11.7 Å². The number of hydrogen-bond acceptors (Lipinski definition) is 2. The Kier molecular flexibility index (Phi) is 5.83. The predicted octanol–water partition coefficient (Wildman–Crippen LogP) is 3.23. The fourth-order valence-corrected chi connectivity index (χ4v) is 2.24. The Hall–Kier alpha value is -1.06. The number of likely N-dealkylation sites (N-methyl/N-ethyl adjacent to an activating group) is 1. The van der Waals surface area contributed by atoms with Gasteiger partial charge in [0.25, 0.3) is 0 Å². The zero-order valence-electron chi connectivity index (χ0n) is 12.1. The average molecular weight is 283 g/mol. The van der Waals surface area contributed by atoms with Crippen LogP contribution in [0.15, 0.2) is 24.3 Å². The maximum atomic E-state index is 12.3. The van der Waals surface area contributed by atoms with E-state index in [1.54, 1.807) is 11.9 Å². The molecule has 0 saturated carbocycles. The summed E-state index contributed by atoms with van der Waals surface area (Å²) in [5, 5.41) is 0.673. The summed E-state index contributed by atoms with van der Waals surface area (Å²) in [5.74, 6) is 0.134. The van der Waals surface area contributed by atoms with Gasteiger partial charge in [-0.05, 0) is 24.5 Å². The van der Waals surface area contributed by atoms with E-state index < -0.39 is 6.04 Å². The molecule has 19 heavy (non-hydrogen) atoms. The van der Waals surface area contributed by atoms with E-state index in [1.807, 2.05) is 45.0 Å². The Balaban J connectivity index is 2.85. The summed E-state index contributed by atoms with van der Waals surface area (Å²) in [6.07, 6.45) is 0.890. The lowest BCUT2D eigenvalue weighted by Crippen LogP contribution is -2.46. The molecule has 0 heterocycles. The summed E-state index contributed by atoms with van der Waals surface area (Å²) < 4.78 is 0. The van der Waals surface area contributed by atoms with Crippen molar-refractivity contribution in [1.29, 1.82) is 0 Å². The molecule has 0 spiro atoms. The first kappa shape index (κ1) is 16.0. The summed E-state index contributed by atoms with van der Waals surface area (Å²) in [5.41, 5.74) is 6.94. The predicted molar refractivity (Wildman–Crippen MR) is 80.1 cm³/mol. The average Bonchev–Trinajstić information content (AvgIpc) is 2.43. The van der Waals surface area contributed by atoms with E-state index in [-0.39, 0.29) is 17.9 Å². The van der Waals surface area contributed by atoms with Crippen LogP contribution in [0.4, 0.5) is 0 Å². The zero-order chi connectivity index (χ0) is 14.6. The fraction of sp³-hybridized carbons (Fsp3) is 0.533. The van der Waals surface area contributed by atoms with Gasteiger partial charge in [0.1, 0.15) is 0 Å². The van der Waals surface area contributed by atoms with Gasteiger partial charge in [0.2, 0.25) is 5.91 Å². The van der Waals surface area contributed by atoms with Crippen LogP contribution in [0.5, 0.6) is 0 Å². The Bertz CT molecular complexity index is 436. The molecule has 0 aromatic heterocycles. The molecule has 0 bridgehead atoms. The second-order valence-corrected chi connectivity index (χ2v) is 5.47. The molecule has 1 rings (SSSR count). The van der Waals surface area contributed by atoms with E-state index in [2.05, 4.69) is 0 Å². The van der Waals surface area contributed by atoms with Crippen molar-refractivity contribution in [3.8, 4) is 0 Å². The maximum absolute atomic E-state index is 12.3. The van der Waals surface area contributed by atoms with Gasteiger partial charge in [-0.15, -0.1) is 0 Å². The minimum atomic E-state index is -0.458. The van der Waals surface area contributed by atoms with Crippen LogP contribution in [0.25, 0.3) is 0 Å². The SMILES string of the molecule is CCC(C)C(N)C(=O)N(C)C(C)c1ccccc1Cl. The number of benzene rings is 1. The van der Waals surface area contributed by atoms with Gasteiger partial charge in [0.05, 0.1) is 12.1 Å². The molecule has 0 fully saturated rings. The molecule has 0 radical (unpaired) electrons. The van der Waals surface area contributed by atoms with Crippen molar-refractivity contribution in [2.75, 3.05) is 7.05 Å². The van der Waals surface area contributed by atoms with Crippen molar-refractivity contribution in [3.05, 3.63) is 34.9 Å². The molecule has 0 aliphatic heterocycles. The lowest BCUT2D eigenvalue weighted by atomic mass is 9.98. The molecular weight excluding hydrogens is 260 g/mol. The van der Waals surface area contributed by atoms with Crippen LogP contribution >= 0.6 is 11.6 Å². The van der Waals surface area contributed by atoms with Gasteiger partial charge in [-0.3, -0.25) is 4.79 Å². The van der Waals surface area contributed by atoms with Crippen LogP contribution in [0.1, 0.15) is 38.8 Å². The number of amides is 1. The topological polar surface area (TPSA) is 46.3 Å². The fourth-order valence-electron chi connectivity index (χ4n) is 1.95. The van der Waals surface area contributed by atoms with Gasteiger partial charge in [0.15, 0.2) is 0 Å². The van der Waals surface area contributed by atoms with Gasteiger partial charge in [-0.2, -0.15) is 0 Å². The molecule has 0 aliphatic rings. The van der Waals surface area contributed by atoms with E-state index >= 15 is 0 Å². The monoisotopic (exact) mass is 282 g/mol. The van der Waals surface area contributed by atoms with Gasteiger partial charge < -0.3 is 10.6 Å². The third kappa shape index (κ3) is 3.71. The van der Waals surface area contributed by atoms with Crippen molar-refractivity contribution in [1.82, 2.24) is 4.90 Å². The molecule has 106 valence electrons. The first-order chi connectivity index (χ1) is 8.90. The zero-order valence-corrected chi connectivity index (χ0v) is 12.8. The molecule has 1 aromatic carbocycles. The molecule has 1 aromatic rings. The smallest absolute Gasteiger partial charge is 0.240 e. The molecule has 4 heteroatoms. The lowest BCUT2D eigenvalue weighted by molar-refractivity contribution is -0.134. The number of carbonyl (C=O) groups excluding carboxylic acids is 1. The number of nitrogens with two attached hydrogens (primary N) is 1. The Morgan fingerprint density at radius 1 is 1.37 bits per heavy atom. The minimum absolute atomic E-state index is 0.0400. The van der Waals surface area contributed by atoms with Crippen LogP contribution in [0, 0.1) is 5.92 Å². The molecule has 3 atom stereocenters. The molecule has 2 N–H and O–H groups in total. The van der Waals surface area contributed by atoms with Crippen molar-refractivity contribution < 1.29 is 4.79 Å². The first-order valence-electron chi connectivity index (χ1n) is 6.66. The van der Waals surface area contributed by atoms with Crippen LogP contribution in [0.2, 0.25) is 5.02 Å². The van der Waals surface area contributed by atoms with Crippen molar-refractivity contribution >= 4 is 17.5 Å². The standard InChI is InChI=1S/C15H23ClN2O/c1-5-10(2)14(17)15(19)18(4)11(3)12-8-6-7-9-13(12)16/h6-11,14H,5,17H2,1-4H3. The molecule has 0 aliphatic carbocycles. The van der Waals surface area contributed by atoms with Gasteiger partial charge in [-0.1, -0.05) is 50.1 Å². The highest BCUT2D eigenvalue weighted by atomic mass is 35.5. The second kappa shape index (κ2) is 6.92. The largest absolute Gasteiger partial charge is 0.338 e. The Morgan fingerprint density at radius 3 is 2.47 bits per heavy atom. The summed E-state index contributed by atoms with van der Waals surface area (Å²) >= 11 is 6.17. The summed E-state index contributed by atoms with van der Waals surface area (Å²) in [4.78, 5) is 14.0. The summed E-state index contributed by atoms with van der Waals surface area (Å²) in [6.45, 7) is 5.99. The van der Waals surface area contributed by atoms with E-state index in [0.717, 1.165) is 12.0 Å². The Morgan fingerprint density at radius 2 is 1.95 bits per heavy atom. The molecule has 0 saturated heterocycles. The summed E-state index contributed by atoms with van der Waals surface area (Å²) in [7, 11) is 1.78. The highest BCUT2D eigenvalue weighted by Crippen LogP contribution is 2.27. The molecule has 3 unspecified atom stereocenters. The van der Waals surface area contributed by atoms with E-state index in [9.17, 15) is 4.79 Å². The van der Waals surface area contributed by atoms with E-state index in [1.165, 1.54) is 0 Å². The van der Waals surface area contributed by atoms with Crippen molar-refractivity contribution in [3.63, 3.8) is 0 Å². The third-order valence-corrected chi connectivity index (χ3v) is 4.17. The molecule has 3 nitrogen and oxygen atoms in total. The second-order valence-electron chi connectivity index (χ2n) is 5.06. The lowest BCUT2D eigenvalue weighted by Gasteiger charge is -2.30. The molecular formula is C15H23ClN2O. The normalized spacial score (nSPS) is 15.7. The van der Waals surface area contributed by atoms with Gasteiger partial charge in [-0.25, -0.2) is 0 Å². The third-order valence-electron chi connectivity index (χ3n) is 3.83.